The number of aromatic nitrogens is 1. The maximum atomic E-state index is 13.2. The van der Waals surface area contributed by atoms with Gasteiger partial charge in [0.15, 0.2) is 15.1 Å². The molecule has 2 aliphatic rings. The number of H-pyrrole nitrogens is 1. The first-order chi connectivity index (χ1) is 15.3. The van der Waals surface area contributed by atoms with Crippen molar-refractivity contribution in [1.29, 1.82) is 0 Å². The molecule has 1 aromatic heterocycles. The van der Waals surface area contributed by atoms with E-state index in [1.54, 1.807) is 18.2 Å². The second-order valence-electron chi connectivity index (χ2n) is 8.62. The second-order valence-corrected chi connectivity index (χ2v) is 11.3. The van der Waals surface area contributed by atoms with Crippen LogP contribution in [0.2, 0.25) is 5.02 Å². The van der Waals surface area contributed by atoms with Gasteiger partial charge in [0, 0.05) is 53.2 Å². The Bertz CT molecular complexity index is 1290. The van der Waals surface area contributed by atoms with Gasteiger partial charge in [-0.15, -0.1) is 0 Å². The molecule has 5 rings (SSSR count). The number of anilines is 1. The number of nitrogens with one attached hydrogen (secondary N) is 1. The van der Waals surface area contributed by atoms with Crippen LogP contribution in [0.3, 0.4) is 0 Å². The largest absolute Gasteiger partial charge is 0.461 e. The molecule has 0 bridgehead atoms. The highest BCUT2D eigenvalue weighted by atomic mass is 35.5. The Hall–Kier alpha value is -2.51. The van der Waals surface area contributed by atoms with Gasteiger partial charge < -0.3 is 14.6 Å². The standard InChI is InChI=1S/C24H25ClN2O4S/c1-15(32(29,30)19-6-4-5-17(12-19)27-9-2-3-10-27)24(28)31-18-13-21-20-11-16(25)7-8-22(20)26-23(21)14-18/h4-8,11-12,15,18,26H,2-3,9-10,13-14H2,1H3. The van der Waals surface area contributed by atoms with E-state index in [0.717, 1.165) is 53.8 Å². The minimum Gasteiger partial charge on any atom is -0.461 e. The SMILES string of the molecule is CC(C(=O)OC1Cc2[nH]c3ccc(Cl)cc3c2C1)S(=O)(=O)c1cccc(N2CCCC2)c1. The molecule has 3 aromatic rings. The number of halogens is 1. The molecule has 1 fully saturated rings. The average Bonchev–Trinajstić information content (AvgIpc) is 3.50. The van der Waals surface area contributed by atoms with Gasteiger partial charge in [0.25, 0.3) is 0 Å². The highest BCUT2D eigenvalue weighted by molar-refractivity contribution is 7.92. The molecular weight excluding hydrogens is 448 g/mol. The molecule has 0 saturated carbocycles. The average molecular weight is 473 g/mol. The number of esters is 1. The van der Waals surface area contributed by atoms with Crippen molar-refractivity contribution in [2.75, 3.05) is 18.0 Å². The summed E-state index contributed by atoms with van der Waals surface area (Å²) >= 11 is 6.13. The van der Waals surface area contributed by atoms with Crippen LogP contribution in [-0.2, 0) is 32.2 Å². The maximum absolute atomic E-state index is 13.2. The van der Waals surface area contributed by atoms with Gasteiger partial charge in [-0.2, -0.15) is 0 Å². The summed E-state index contributed by atoms with van der Waals surface area (Å²) in [5.74, 6) is -0.714. The zero-order valence-corrected chi connectivity index (χ0v) is 19.4. The Morgan fingerprint density at radius 1 is 1.16 bits per heavy atom. The van der Waals surface area contributed by atoms with E-state index in [1.165, 1.54) is 6.92 Å². The number of carbonyl (C=O) groups excluding carboxylic acids is 1. The lowest BCUT2D eigenvalue weighted by atomic mass is 10.1. The third kappa shape index (κ3) is 3.77. The van der Waals surface area contributed by atoms with E-state index in [-0.39, 0.29) is 11.0 Å². The smallest absolute Gasteiger partial charge is 0.324 e. The molecule has 32 heavy (non-hydrogen) atoms. The van der Waals surface area contributed by atoms with Crippen LogP contribution in [0.5, 0.6) is 0 Å². The normalized spacial score (nSPS) is 19.3. The van der Waals surface area contributed by atoms with Crippen LogP contribution in [0.4, 0.5) is 5.69 Å². The lowest BCUT2D eigenvalue weighted by Crippen LogP contribution is -2.33. The van der Waals surface area contributed by atoms with Gasteiger partial charge in [-0.05, 0) is 61.7 Å². The van der Waals surface area contributed by atoms with E-state index < -0.39 is 21.1 Å². The summed E-state index contributed by atoms with van der Waals surface area (Å²) in [7, 11) is -3.85. The molecular formula is C24H25ClN2O4S. The zero-order chi connectivity index (χ0) is 22.5. The van der Waals surface area contributed by atoms with Gasteiger partial charge >= 0.3 is 5.97 Å². The predicted molar refractivity (Wildman–Crippen MR) is 125 cm³/mol. The molecule has 1 aliphatic carbocycles. The number of nitrogens with zero attached hydrogens (tertiary/aromatic N) is 1. The van der Waals surface area contributed by atoms with E-state index >= 15 is 0 Å². The Morgan fingerprint density at radius 2 is 1.94 bits per heavy atom. The van der Waals surface area contributed by atoms with Crippen molar-refractivity contribution in [3.05, 3.63) is 58.7 Å². The number of hydrogen-bond donors (Lipinski definition) is 1. The molecule has 1 N–H and O–H groups in total. The van der Waals surface area contributed by atoms with Crippen molar-refractivity contribution in [1.82, 2.24) is 4.98 Å². The van der Waals surface area contributed by atoms with Crippen LogP contribution in [0.15, 0.2) is 47.4 Å². The molecule has 2 unspecified atom stereocenters. The lowest BCUT2D eigenvalue weighted by Gasteiger charge is -2.20. The van der Waals surface area contributed by atoms with Crippen molar-refractivity contribution < 1.29 is 17.9 Å². The zero-order valence-electron chi connectivity index (χ0n) is 17.8. The first-order valence-corrected chi connectivity index (χ1v) is 12.8. The van der Waals surface area contributed by atoms with E-state index in [2.05, 4.69) is 9.88 Å². The topological polar surface area (TPSA) is 79.5 Å². The predicted octanol–water partition coefficient (Wildman–Crippen LogP) is 4.29. The molecule has 1 aliphatic heterocycles. The number of carbonyl (C=O) groups is 1. The maximum Gasteiger partial charge on any atom is 0.324 e. The fourth-order valence-corrected chi connectivity index (χ4v) is 6.16. The van der Waals surface area contributed by atoms with Crippen molar-refractivity contribution in [3.8, 4) is 0 Å². The Morgan fingerprint density at radius 3 is 2.72 bits per heavy atom. The van der Waals surface area contributed by atoms with Gasteiger partial charge in [-0.3, -0.25) is 4.79 Å². The quantitative estimate of drug-likeness (QED) is 0.560. The fraction of sp³-hybridized carbons (Fsp3) is 0.375. The van der Waals surface area contributed by atoms with Crippen molar-refractivity contribution in [2.45, 2.75) is 48.9 Å². The number of benzene rings is 2. The summed E-state index contributed by atoms with van der Waals surface area (Å²) < 4.78 is 32.0. The van der Waals surface area contributed by atoms with E-state index in [0.29, 0.717) is 17.9 Å². The lowest BCUT2D eigenvalue weighted by molar-refractivity contribution is -0.147. The minimum atomic E-state index is -3.85. The van der Waals surface area contributed by atoms with Crippen LogP contribution < -0.4 is 4.90 Å². The Labute approximate surface area is 192 Å². The molecule has 0 radical (unpaired) electrons. The van der Waals surface area contributed by atoms with Crippen LogP contribution in [0, 0.1) is 0 Å². The first-order valence-electron chi connectivity index (χ1n) is 10.9. The van der Waals surface area contributed by atoms with Crippen LogP contribution >= 0.6 is 11.6 Å². The van der Waals surface area contributed by atoms with Crippen LogP contribution in [-0.4, -0.2) is 43.8 Å². The summed E-state index contributed by atoms with van der Waals surface area (Å²) in [5.41, 5.74) is 3.96. The third-order valence-electron chi connectivity index (χ3n) is 6.52. The summed E-state index contributed by atoms with van der Waals surface area (Å²) in [6.07, 6.45) is 2.89. The van der Waals surface area contributed by atoms with Gasteiger partial charge in [0.1, 0.15) is 6.10 Å². The van der Waals surface area contributed by atoms with Crippen molar-refractivity contribution in [2.24, 2.45) is 0 Å². The molecule has 168 valence electrons. The van der Waals surface area contributed by atoms with Crippen LogP contribution in [0.25, 0.3) is 10.9 Å². The highest BCUT2D eigenvalue weighted by Gasteiger charge is 2.35. The number of aromatic amines is 1. The van der Waals surface area contributed by atoms with Gasteiger partial charge in [0.05, 0.1) is 4.90 Å². The number of ether oxygens (including phenoxy) is 1. The van der Waals surface area contributed by atoms with E-state index in [9.17, 15) is 13.2 Å². The van der Waals surface area contributed by atoms with Gasteiger partial charge in [-0.1, -0.05) is 17.7 Å². The van der Waals surface area contributed by atoms with Gasteiger partial charge in [0.2, 0.25) is 0 Å². The molecule has 0 amide bonds. The summed E-state index contributed by atoms with van der Waals surface area (Å²) in [4.78, 5) is 18.5. The molecule has 2 heterocycles. The number of fused-ring (bicyclic) bond motifs is 3. The van der Waals surface area contributed by atoms with E-state index in [4.69, 9.17) is 16.3 Å². The van der Waals surface area contributed by atoms with Crippen molar-refractivity contribution >= 4 is 44.0 Å². The number of rotatable bonds is 5. The van der Waals surface area contributed by atoms with Crippen molar-refractivity contribution in [3.63, 3.8) is 0 Å². The van der Waals surface area contributed by atoms with Gasteiger partial charge in [-0.25, -0.2) is 8.42 Å². The third-order valence-corrected chi connectivity index (χ3v) is 8.79. The molecule has 0 spiro atoms. The van der Waals surface area contributed by atoms with Crippen LogP contribution in [0.1, 0.15) is 31.0 Å². The molecule has 2 atom stereocenters. The van der Waals surface area contributed by atoms with E-state index in [1.807, 2.05) is 24.3 Å². The molecule has 2 aromatic carbocycles. The second kappa shape index (κ2) is 8.12. The Kier molecular flexibility index (Phi) is 5.42. The summed E-state index contributed by atoms with van der Waals surface area (Å²) in [6, 6.07) is 12.5. The monoisotopic (exact) mass is 472 g/mol. The molecule has 6 nitrogen and oxygen atoms in total. The molecule has 8 heteroatoms. The summed E-state index contributed by atoms with van der Waals surface area (Å²) in [6.45, 7) is 3.25. The minimum absolute atomic E-state index is 0.156. The molecule has 1 saturated heterocycles. The fourth-order valence-electron chi connectivity index (χ4n) is 4.72. The number of hydrogen-bond acceptors (Lipinski definition) is 5. The Balaban J connectivity index is 1.30. The number of sulfone groups is 1. The summed E-state index contributed by atoms with van der Waals surface area (Å²) in [5, 5.41) is 0.391. The highest BCUT2D eigenvalue weighted by Crippen LogP contribution is 2.33. The first kappa shape index (κ1) is 21.3.